The predicted molar refractivity (Wildman–Crippen MR) is 101 cm³/mol. The van der Waals surface area contributed by atoms with Gasteiger partial charge in [0.25, 0.3) is 0 Å². The zero-order valence-corrected chi connectivity index (χ0v) is 16.1. The summed E-state index contributed by atoms with van der Waals surface area (Å²) in [5.41, 5.74) is 1.11. The summed E-state index contributed by atoms with van der Waals surface area (Å²) in [6, 6.07) is 9.56. The highest BCUT2D eigenvalue weighted by Crippen LogP contribution is 2.31. The van der Waals surface area contributed by atoms with Crippen LogP contribution < -0.4 is 0 Å². The van der Waals surface area contributed by atoms with Crippen LogP contribution in [0.25, 0.3) is 17.2 Å². The van der Waals surface area contributed by atoms with Crippen LogP contribution in [0.1, 0.15) is 11.1 Å². The van der Waals surface area contributed by atoms with Crippen LogP contribution in [0.5, 0.6) is 0 Å². The van der Waals surface area contributed by atoms with Gasteiger partial charge in [0, 0.05) is 24.0 Å². The molecule has 0 N–H and O–H groups in total. The van der Waals surface area contributed by atoms with Crippen molar-refractivity contribution in [3.63, 3.8) is 0 Å². The molecule has 0 aliphatic carbocycles. The van der Waals surface area contributed by atoms with Crippen LogP contribution in [0.2, 0.25) is 5.02 Å². The van der Waals surface area contributed by atoms with Gasteiger partial charge in [0.2, 0.25) is 0 Å². The molecule has 0 amide bonds. The van der Waals surface area contributed by atoms with Crippen molar-refractivity contribution in [2.24, 2.45) is 7.05 Å². The molecule has 4 rings (SSSR count). The molecule has 0 saturated carbocycles. The molecule has 0 atom stereocenters. The van der Waals surface area contributed by atoms with Gasteiger partial charge in [0.05, 0.1) is 11.8 Å². The van der Waals surface area contributed by atoms with Gasteiger partial charge in [-0.2, -0.15) is 13.2 Å². The van der Waals surface area contributed by atoms with Gasteiger partial charge in [0.15, 0.2) is 11.0 Å². The molecule has 0 fully saturated rings. The fourth-order valence-electron chi connectivity index (χ4n) is 2.71. The van der Waals surface area contributed by atoms with Crippen molar-refractivity contribution in [2.45, 2.75) is 17.1 Å². The lowest BCUT2D eigenvalue weighted by molar-refractivity contribution is -0.137. The van der Waals surface area contributed by atoms with Crippen LogP contribution in [-0.2, 0) is 19.0 Å². The summed E-state index contributed by atoms with van der Waals surface area (Å²) in [6.45, 7) is 0. The Hall–Kier alpha value is -2.52. The average molecular weight is 424 g/mol. The summed E-state index contributed by atoms with van der Waals surface area (Å²) in [5, 5.41) is 9.75. The van der Waals surface area contributed by atoms with Gasteiger partial charge >= 0.3 is 6.18 Å². The van der Waals surface area contributed by atoms with E-state index >= 15 is 0 Å². The molecular formula is C18H13ClF3N5S. The first-order valence-corrected chi connectivity index (χ1v) is 9.50. The highest BCUT2D eigenvalue weighted by Gasteiger charge is 2.31. The Morgan fingerprint density at radius 1 is 1.11 bits per heavy atom. The molecule has 3 aromatic heterocycles. The Morgan fingerprint density at radius 3 is 2.57 bits per heavy atom. The monoisotopic (exact) mass is 423 g/mol. The third kappa shape index (κ3) is 3.59. The van der Waals surface area contributed by atoms with Crippen molar-refractivity contribution >= 4 is 29.0 Å². The van der Waals surface area contributed by atoms with Gasteiger partial charge in [-0.1, -0.05) is 35.5 Å². The van der Waals surface area contributed by atoms with Crippen LogP contribution in [0.3, 0.4) is 0 Å². The molecule has 10 heteroatoms. The maximum Gasteiger partial charge on any atom is 0.416 e. The number of imidazole rings is 1. The summed E-state index contributed by atoms with van der Waals surface area (Å²) in [5.74, 6) is 1.21. The molecule has 4 aromatic rings. The van der Waals surface area contributed by atoms with Crippen LogP contribution in [0.15, 0.2) is 53.9 Å². The van der Waals surface area contributed by atoms with E-state index in [0.29, 0.717) is 27.5 Å². The van der Waals surface area contributed by atoms with Gasteiger partial charge in [-0.3, -0.25) is 4.40 Å². The number of nitrogens with zero attached hydrogens (tertiary/aromatic N) is 5. The van der Waals surface area contributed by atoms with Crippen LogP contribution in [-0.4, -0.2) is 24.1 Å². The second-order valence-corrected chi connectivity index (χ2v) is 7.44. The Bertz CT molecular complexity index is 1130. The minimum Gasteiger partial charge on any atom is -0.304 e. The Kier molecular flexibility index (Phi) is 4.80. The molecule has 0 aliphatic rings. The fourth-order valence-corrected chi connectivity index (χ4v) is 3.71. The van der Waals surface area contributed by atoms with E-state index in [1.54, 1.807) is 8.97 Å². The molecule has 0 aliphatic heterocycles. The zero-order chi connectivity index (χ0) is 19.9. The lowest BCUT2D eigenvalue weighted by atomic mass is 10.2. The van der Waals surface area contributed by atoms with Gasteiger partial charge in [-0.15, -0.1) is 10.2 Å². The molecule has 0 spiro atoms. The number of hydrogen-bond acceptors (Lipinski definition) is 4. The first-order valence-electron chi connectivity index (χ1n) is 8.14. The molecule has 5 nitrogen and oxygen atoms in total. The molecule has 144 valence electrons. The van der Waals surface area contributed by atoms with E-state index < -0.39 is 11.7 Å². The number of thioether (sulfide) groups is 1. The number of rotatable bonds is 4. The molecule has 3 heterocycles. The minimum atomic E-state index is -4.41. The Labute approximate surface area is 167 Å². The topological polar surface area (TPSA) is 48.0 Å². The maximum absolute atomic E-state index is 12.9. The van der Waals surface area contributed by atoms with E-state index in [2.05, 4.69) is 15.2 Å². The summed E-state index contributed by atoms with van der Waals surface area (Å²) < 4.78 is 42.0. The van der Waals surface area contributed by atoms with E-state index in [4.69, 9.17) is 11.6 Å². The van der Waals surface area contributed by atoms with Crippen molar-refractivity contribution in [1.29, 1.82) is 0 Å². The average Bonchev–Trinajstić information content (AvgIpc) is 3.23. The van der Waals surface area contributed by atoms with Gasteiger partial charge < -0.3 is 4.57 Å². The van der Waals surface area contributed by atoms with Crippen molar-refractivity contribution in [3.8, 4) is 11.5 Å². The molecule has 0 saturated heterocycles. The summed E-state index contributed by atoms with van der Waals surface area (Å²) in [4.78, 5) is 4.08. The van der Waals surface area contributed by atoms with Crippen molar-refractivity contribution in [3.05, 3.63) is 64.9 Å². The van der Waals surface area contributed by atoms with Gasteiger partial charge in [-0.25, -0.2) is 4.98 Å². The van der Waals surface area contributed by atoms with Gasteiger partial charge in [-0.05, 0) is 29.8 Å². The smallest absolute Gasteiger partial charge is 0.304 e. The van der Waals surface area contributed by atoms with E-state index in [1.807, 2.05) is 31.3 Å². The first kappa shape index (κ1) is 18.8. The SMILES string of the molecule is Cn1c(SCc2ccc(Cl)cc2)nnc1-c1cnc2cc(C(F)(F)F)ccn12. The van der Waals surface area contributed by atoms with Crippen LogP contribution >= 0.6 is 23.4 Å². The second kappa shape index (κ2) is 7.14. The predicted octanol–water partition coefficient (Wildman–Crippen LogP) is 5.09. The van der Waals surface area contributed by atoms with Crippen LogP contribution in [0.4, 0.5) is 13.2 Å². The fraction of sp³-hybridized carbons (Fsp3) is 0.167. The van der Waals surface area contributed by atoms with E-state index in [1.165, 1.54) is 24.2 Å². The number of pyridine rings is 1. The van der Waals surface area contributed by atoms with Crippen molar-refractivity contribution in [2.75, 3.05) is 0 Å². The molecule has 1 aromatic carbocycles. The van der Waals surface area contributed by atoms with Crippen LogP contribution in [0, 0.1) is 0 Å². The first-order chi connectivity index (χ1) is 13.3. The molecular weight excluding hydrogens is 411 g/mol. The number of benzene rings is 1. The number of alkyl halides is 3. The highest BCUT2D eigenvalue weighted by molar-refractivity contribution is 7.98. The molecule has 0 unspecified atom stereocenters. The number of halogens is 4. The summed E-state index contributed by atoms with van der Waals surface area (Å²) in [7, 11) is 1.81. The Morgan fingerprint density at radius 2 is 1.86 bits per heavy atom. The third-order valence-electron chi connectivity index (χ3n) is 4.19. The molecule has 0 radical (unpaired) electrons. The summed E-state index contributed by atoms with van der Waals surface area (Å²) >= 11 is 7.40. The lowest BCUT2D eigenvalue weighted by Crippen LogP contribution is -2.05. The van der Waals surface area contributed by atoms with Crippen molar-refractivity contribution in [1.82, 2.24) is 24.1 Å². The number of aromatic nitrogens is 5. The van der Waals surface area contributed by atoms with E-state index in [9.17, 15) is 13.2 Å². The quantitative estimate of drug-likeness (QED) is 0.429. The summed E-state index contributed by atoms with van der Waals surface area (Å²) in [6.07, 6.45) is -1.58. The van der Waals surface area contributed by atoms with E-state index in [-0.39, 0.29) is 5.65 Å². The normalized spacial score (nSPS) is 12.0. The molecule has 28 heavy (non-hydrogen) atoms. The maximum atomic E-state index is 12.9. The second-order valence-electron chi connectivity index (χ2n) is 6.07. The number of hydrogen-bond donors (Lipinski definition) is 0. The lowest BCUT2D eigenvalue weighted by Gasteiger charge is -2.07. The third-order valence-corrected chi connectivity index (χ3v) is 5.53. The van der Waals surface area contributed by atoms with Gasteiger partial charge in [0.1, 0.15) is 11.3 Å². The standard InChI is InChI=1S/C18H13ClF3N5S/c1-26-16(24-25-17(26)28-10-11-2-4-13(19)5-3-11)14-9-23-15-8-12(18(20,21)22)6-7-27(14)15/h2-9H,10H2,1H3. The number of fused-ring (bicyclic) bond motifs is 1. The molecule has 0 bridgehead atoms. The Balaban J connectivity index is 1.61. The minimum absolute atomic E-state index is 0.197. The van der Waals surface area contributed by atoms with Crippen molar-refractivity contribution < 1.29 is 13.2 Å². The van der Waals surface area contributed by atoms with E-state index in [0.717, 1.165) is 17.7 Å². The largest absolute Gasteiger partial charge is 0.416 e. The zero-order valence-electron chi connectivity index (χ0n) is 14.5. The highest BCUT2D eigenvalue weighted by atomic mass is 35.5.